The smallest absolute Gasteiger partial charge is 0.237 e. The van der Waals surface area contributed by atoms with Crippen molar-refractivity contribution >= 4 is 31.9 Å². The predicted molar refractivity (Wildman–Crippen MR) is 108 cm³/mol. The van der Waals surface area contributed by atoms with E-state index in [1.165, 1.54) is 0 Å². The number of pyridine rings is 1. The lowest BCUT2D eigenvalue weighted by Gasteiger charge is -2.03. The molecule has 0 saturated heterocycles. The Bertz CT molecular complexity index is 1130. The first-order chi connectivity index (χ1) is 13.3. The number of amides is 1. The van der Waals surface area contributed by atoms with Gasteiger partial charge in [-0.05, 0) is 42.8 Å². The minimum absolute atomic E-state index is 0.0749. The summed E-state index contributed by atoms with van der Waals surface area (Å²) < 4.78 is 27.6. The summed E-state index contributed by atoms with van der Waals surface area (Å²) in [6, 6.07) is 11.5. The van der Waals surface area contributed by atoms with Crippen LogP contribution in [-0.2, 0) is 14.8 Å². The number of aromatic nitrogens is 3. The molecule has 144 valence electrons. The molecule has 1 N–H and O–H groups in total. The van der Waals surface area contributed by atoms with E-state index in [1.807, 2.05) is 42.6 Å². The molecule has 3 aromatic rings. The third-order valence-corrected chi connectivity index (χ3v) is 5.70. The lowest BCUT2D eigenvalue weighted by molar-refractivity contribution is -0.120. The maximum atomic E-state index is 12.2. The molecular weight excluding hydrogens is 444 g/mol. The van der Waals surface area contributed by atoms with Crippen LogP contribution in [0.15, 0.2) is 59.5 Å². The van der Waals surface area contributed by atoms with Gasteiger partial charge in [-0.1, -0.05) is 15.9 Å². The predicted octanol–water partition coefficient (Wildman–Crippen LogP) is 2.88. The van der Waals surface area contributed by atoms with E-state index in [0.717, 1.165) is 33.2 Å². The maximum absolute atomic E-state index is 12.2. The van der Waals surface area contributed by atoms with E-state index < -0.39 is 15.9 Å². The van der Waals surface area contributed by atoms with Crippen molar-refractivity contribution in [1.82, 2.24) is 19.5 Å². The van der Waals surface area contributed by atoms with E-state index in [1.54, 1.807) is 17.1 Å². The minimum atomic E-state index is -3.57. The average Bonchev–Trinajstić information content (AvgIpc) is 3.33. The highest BCUT2D eigenvalue weighted by atomic mass is 79.9. The normalized spacial score (nSPS) is 18.6. The SMILES string of the molecule is CS(=O)(=O)NC(=O)C1CC1c1cn(-c2ccc(Br)cc2)nc1-c1ccncc1. The molecular formula is C19H17BrN4O3S. The molecule has 28 heavy (non-hydrogen) atoms. The zero-order valence-electron chi connectivity index (χ0n) is 14.9. The Morgan fingerprint density at radius 1 is 1.18 bits per heavy atom. The van der Waals surface area contributed by atoms with Crippen LogP contribution in [-0.4, -0.2) is 35.3 Å². The van der Waals surface area contributed by atoms with Gasteiger partial charge in [0.25, 0.3) is 0 Å². The molecule has 1 fully saturated rings. The van der Waals surface area contributed by atoms with Crippen LogP contribution in [0.5, 0.6) is 0 Å². The summed E-state index contributed by atoms with van der Waals surface area (Å²) in [4.78, 5) is 16.3. The van der Waals surface area contributed by atoms with Gasteiger partial charge in [0.2, 0.25) is 15.9 Å². The van der Waals surface area contributed by atoms with Crippen LogP contribution in [0, 0.1) is 5.92 Å². The third kappa shape index (κ3) is 4.00. The molecule has 1 aliphatic rings. The first-order valence-corrected chi connectivity index (χ1v) is 11.3. The summed E-state index contributed by atoms with van der Waals surface area (Å²) in [6.45, 7) is 0. The molecule has 0 spiro atoms. The third-order valence-electron chi connectivity index (χ3n) is 4.60. The van der Waals surface area contributed by atoms with Gasteiger partial charge in [0.05, 0.1) is 17.6 Å². The van der Waals surface area contributed by atoms with Crippen LogP contribution >= 0.6 is 15.9 Å². The summed E-state index contributed by atoms with van der Waals surface area (Å²) in [6.07, 6.45) is 6.87. The van der Waals surface area contributed by atoms with E-state index in [9.17, 15) is 13.2 Å². The number of sulfonamides is 1. The van der Waals surface area contributed by atoms with Crippen LogP contribution in [0.2, 0.25) is 0 Å². The number of hydrogen-bond donors (Lipinski definition) is 1. The number of rotatable bonds is 5. The van der Waals surface area contributed by atoms with Gasteiger partial charge in [-0.25, -0.2) is 13.1 Å². The quantitative estimate of drug-likeness (QED) is 0.631. The van der Waals surface area contributed by atoms with Gasteiger partial charge in [-0.2, -0.15) is 5.10 Å². The lowest BCUT2D eigenvalue weighted by Crippen LogP contribution is -2.30. The number of nitrogens with one attached hydrogen (secondary N) is 1. The van der Waals surface area contributed by atoms with Crippen molar-refractivity contribution in [3.05, 3.63) is 65.0 Å². The summed E-state index contributed by atoms with van der Waals surface area (Å²) in [5, 5.41) is 4.73. The van der Waals surface area contributed by atoms with Crippen LogP contribution in [0.4, 0.5) is 0 Å². The van der Waals surface area contributed by atoms with Crippen LogP contribution < -0.4 is 4.72 Å². The molecule has 9 heteroatoms. The number of nitrogens with zero attached hydrogens (tertiary/aromatic N) is 3. The van der Waals surface area contributed by atoms with Crippen molar-refractivity contribution in [2.24, 2.45) is 5.92 Å². The van der Waals surface area contributed by atoms with Crippen molar-refractivity contribution in [3.8, 4) is 16.9 Å². The second kappa shape index (κ2) is 7.14. The van der Waals surface area contributed by atoms with Crippen LogP contribution in [0.25, 0.3) is 16.9 Å². The van der Waals surface area contributed by atoms with Crippen molar-refractivity contribution in [2.75, 3.05) is 6.26 Å². The number of hydrogen-bond acceptors (Lipinski definition) is 5. The Balaban J connectivity index is 1.70. The van der Waals surface area contributed by atoms with Crippen molar-refractivity contribution in [3.63, 3.8) is 0 Å². The fraction of sp³-hybridized carbons (Fsp3) is 0.211. The molecule has 7 nitrogen and oxygen atoms in total. The van der Waals surface area contributed by atoms with Crippen molar-refractivity contribution < 1.29 is 13.2 Å². The van der Waals surface area contributed by atoms with Crippen molar-refractivity contribution in [1.29, 1.82) is 0 Å². The summed E-state index contributed by atoms with van der Waals surface area (Å²) in [7, 11) is -3.57. The standard InChI is InChI=1S/C19H17BrN4O3S/c1-28(26,27)23-19(25)16-10-15(16)17-11-24(14-4-2-13(20)3-5-14)22-18(17)12-6-8-21-9-7-12/h2-9,11,15-16H,10H2,1H3,(H,23,25). The summed E-state index contributed by atoms with van der Waals surface area (Å²) in [5.74, 6) is -0.920. The largest absolute Gasteiger partial charge is 0.274 e. The van der Waals surface area contributed by atoms with Crippen LogP contribution in [0.3, 0.4) is 0 Å². The molecule has 2 heterocycles. The van der Waals surface area contributed by atoms with Gasteiger partial charge < -0.3 is 0 Å². The Morgan fingerprint density at radius 3 is 2.50 bits per heavy atom. The molecule has 2 atom stereocenters. The zero-order valence-corrected chi connectivity index (χ0v) is 17.3. The Kier molecular flexibility index (Phi) is 4.80. The zero-order chi connectivity index (χ0) is 19.9. The molecule has 1 amide bonds. The lowest BCUT2D eigenvalue weighted by atomic mass is 10.0. The first-order valence-electron chi connectivity index (χ1n) is 8.59. The highest BCUT2D eigenvalue weighted by Gasteiger charge is 2.46. The van der Waals surface area contributed by atoms with Gasteiger partial charge in [0.15, 0.2) is 0 Å². The highest BCUT2D eigenvalue weighted by molar-refractivity contribution is 9.10. The Morgan fingerprint density at radius 2 is 1.86 bits per heavy atom. The monoisotopic (exact) mass is 460 g/mol. The maximum Gasteiger partial charge on any atom is 0.237 e. The van der Waals surface area contributed by atoms with E-state index in [0.29, 0.717) is 6.42 Å². The molecule has 1 aliphatic carbocycles. The summed E-state index contributed by atoms with van der Waals surface area (Å²) in [5.41, 5.74) is 3.48. The van der Waals surface area contributed by atoms with Crippen molar-refractivity contribution in [2.45, 2.75) is 12.3 Å². The molecule has 2 unspecified atom stereocenters. The second-order valence-corrected chi connectivity index (χ2v) is 9.44. The van der Waals surface area contributed by atoms with Gasteiger partial charge in [0.1, 0.15) is 0 Å². The van der Waals surface area contributed by atoms with Crippen LogP contribution in [0.1, 0.15) is 17.9 Å². The molecule has 4 rings (SSSR count). The topological polar surface area (TPSA) is 94.0 Å². The van der Waals surface area contributed by atoms with E-state index in [-0.39, 0.29) is 11.8 Å². The van der Waals surface area contributed by atoms with E-state index in [2.05, 4.69) is 25.6 Å². The molecule has 2 aromatic heterocycles. The first kappa shape index (κ1) is 18.8. The fourth-order valence-electron chi connectivity index (χ4n) is 3.21. The number of benzene rings is 1. The van der Waals surface area contributed by atoms with Gasteiger partial charge in [-0.3, -0.25) is 14.5 Å². The average molecular weight is 461 g/mol. The highest BCUT2D eigenvalue weighted by Crippen LogP contribution is 2.50. The number of carbonyl (C=O) groups excluding carboxylic acids is 1. The minimum Gasteiger partial charge on any atom is -0.274 e. The fourth-order valence-corrected chi connectivity index (χ4v) is 3.99. The molecule has 0 radical (unpaired) electrons. The summed E-state index contributed by atoms with van der Waals surface area (Å²) >= 11 is 3.43. The van der Waals surface area contributed by atoms with Gasteiger partial charge in [0, 0.05) is 46.0 Å². The second-order valence-electron chi connectivity index (χ2n) is 6.78. The van der Waals surface area contributed by atoms with Gasteiger partial charge >= 0.3 is 0 Å². The molecule has 1 saturated carbocycles. The van der Waals surface area contributed by atoms with E-state index >= 15 is 0 Å². The molecule has 1 aromatic carbocycles. The van der Waals surface area contributed by atoms with E-state index in [4.69, 9.17) is 5.10 Å². The number of carbonyl (C=O) groups is 1. The van der Waals surface area contributed by atoms with Gasteiger partial charge in [-0.15, -0.1) is 0 Å². The number of halogens is 1. The molecule has 0 bridgehead atoms. The molecule has 0 aliphatic heterocycles. The Hall–Kier alpha value is -2.52. The Labute approximate surface area is 171 Å².